The van der Waals surface area contributed by atoms with Crippen molar-refractivity contribution in [2.75, 3.05) is 13.7 Å². The van der Waals surface area contributed by atoms with Gasteiger partial charge in [0.05, 0.1) is 7.11 Å². The zero-order valence-corrected chi connectivity index (χ0v) is 11.9. The zero-order chi connectivity index (χ0) is 13.1. The van der Waals surface area contributed by atoms with E-state index in [4.69, 9.17) is 4.74 Å². The maximum absolute atomic E-state index is 14.1. The normalized spacial score (nSPS) is 19.8. The second kappa shape index (κ2) is 5.89. The maximum atomic E-state index is 14.1. The van der Waals surface area contributed by atoms with Crippen LogP contribution in [-0.2, 0) is 6.42 Å². The molecule has 0 bridgehead atoms. The van der Waals surface area contributed by atoms with Crippen LogP contribution in [0.5, 0.6) is 11.5 Å². The molecule has 2 rings (SSSR count). The molecule has 1 atom stereocenters. The van der Waals surface area contributed by atoms with Crippen molar-refractivity contribution in [3.8, 4) is 11.5 Å². The topological polar surface area (TPSA) is 41.5 Å². The average molecular weight is 318 g/mol. The Hall–Kier alpha value is -0.810. The molecule has 3 nitrogen and oxygen atoms in total. The maximum Gasteiger partial charge on any atom is 0.194 e. The van der Waals surface area contributed by atoms with Gasteiger partial charge >= 0.3 is 0 Å². The quantitative estimate of drug-likeness (QED) is 0.900. The minimum absolute atomic E-state index is 0.153. The summed E-state index contributed by atoms with van der Waals surface area (Å²) in [7, 11) is 1.41. The summed E-state index contributed by atoms with van der Waals surface area (Å²) in [6.45, 7) is 0.978. The third kappa shape index (κ3) is 2.78. The van der Waals surface area contributed by atoms with Crippen LogP contribution in [0.15, 0.2) is 10.5 Å². The predicted octanol–water partition coefficient (Wildman–Crippen LogP) is 2.99. The van der Waals surface area contributed by atoms with Gasteiger partial charge in [-0.25, -0.2) is 4.39 Å². The highest BCUT2D eigenvalue weighted by molar-refractivity contribution is 9.10. The highest BCUT2D eigenvalue weighted by atomic mass is 79.9. The van der Waals surface area contributed by atoms with Crippen molar-refractivity contribution in [3.63, 3.8) is 0 Å². The van der Waals surface area contributed by atoms with E-state index < -0.39 is 11.6 Å². The largest absolute Gasteiger partial charge is 0.502 e. The molecule has 1 aromatic carbocycles. The van der Waals surface area contributed by atoms with Crippen LogP contribution in [0.3, 0.4) is 0 Å². The van der Waals surface area contributed by atoms with Crippen molar-refractivity contribution in [1.82, 2.24) is 5.32 Å². The molecule has 18 heavy (non-hydrogen) atoms. The number of aromatic hydroxyl groups is 1. The number of benzene rings is 1. The van der Waals surface area contributed by atoms with Gasteiger partial charge in [0.15, 0.2) is 17.3 Å². The first-order valence-corrected chi connectivity index (χ1v) is 6.90. The summed E-state index contributed by atoms with van der Waals surface area (Å²) < 4.78 is 19.6. The Balaban J connectivity index is 2.24. The van der Waals surface area contributed by atoms with E-state index in [1.165, 1.54) is 20.0 Å². The third-order valence-corrected chi connectivity index (χ3v) is 4.04. The van der Waals surface area contributed by atoms with E-state index in [9.17, 15) is 9.50 Å². The molecule has 5 heteroatoms. The van der Waals surface area contributed by atoms with Gasteiger partial charge < -0.3 is 15.2 Å². The van der Waals surface area contributed by atoms with Crippen molar-refractivity contribution in [1.29, 1.82) is 0 Å². The lowest BCUT2D eigenvalue weighted by molar-refractivity contribution is 0.351. The molecule has 0 aliphatic carbocycles. The standard InChI is InChI=1S/C13H17BrFNO2/c1-18-11-7-10(14)9(12(15)13(11)17)6-8-4-2-3-5-16-8/h7-8,16-17H,2-6H2,1H3. The molecule has 0 aromatic heterocycles. The fourth-order valence-corrected chi connectivity index (χ4v) is 2.86. The Morgan fingerprint density at radius 3 is 2.94 bits per heavy atom. The first-order valence-electron chi connectivity index (χ1n) is 6.10. The van der Waals surface area contributed by atoms with E-state index >= 15 is 0 Å². The minimum Gasteiger partial charge on any atom is -0.502 e. The fourth-order valence-electron chi connectivity index (χ4n) is 2.31. The minimum atomic E-state index is -0.589. The molecule has 1 fully saturated rings. The second-order valence-electron chi connectivity index (χ2n) is 4.55. The molecule has 1 heterocycles. The van der Waals surface area contributed by atoms with E-state index in [0.29, 0.717) is 16.5 Å². The molecule has 2 N–H and O–H groups in total. The zero-order valence-electron chi connectivity index (χ0n) is 10.3. The first kappa shape index (κ1) is 13.6. The molecule has 0 radical (unpaired) electrons. The van der Waals surface area contributed by atoms with Gasteiger partial charge in [0.25, 0.3) is 0 Å². The number of hydrogen-bond acceptors (Lipinski definition) is 3. The molecule has 1 aliphatic heterocycles. The summed E-state index contributed by atoms with van der Waals surface area (Å²) >= 11 is 3.34. The number of ether oxygens (including phenoxy) is 1. The number of hydrogen-bond donors (Lipinski definition) is 2. The number of rotatable bonds is 3. The SMILES string of the molecule is COc1cc(Br)c(CC2CCCCN2)c(F)c1O. The van der Waals surface area contributed by atoms with E-state index in [2.05, 4.69) is 21.2 Å². The van der Waals surface area contributed by atoms with Gasteiger partial charge in [0.1, 0.15) is 0 Å². The fraction of sp³-hybridized carbons (Fsp3) is 0.538. The highest BCUT2D eigenvalue weighted by Gasteiger charge is 2.21. The Bertz CT molecular complexity index is 433. The lowest BCUT2D eigenvalue weighted by Crippen LogP contribution is -2.35. The summed E-state index contributed by atoms with van der Waals surface area (Å²) in [5, 5.41) is 13.1. The molecule has 100 valence electrons. The van der Waals surface area contributed by atoms with E-state index in [1.807, 2.05) is 0 Å². The van der Waals surface area contributed by atoms with Crippen molar-refractivity contribution in [3.05, 3.63) is 21.9 Å². The molecule has 1 unspecified atom stereocenters. The van der Waals surface area contributed by atoms with Crippen LogP contribution >= 0.6 is 15.9 Å². The third-order valence-electron chi connectivity index (χ3n) is 3.34. The molecule has 1 aromatic rings. The van der Waals surface area contributed by atoms with Crippen LogP contribution < -0.4 is 10.1 Å². The Morgan fingerprint density at radius 1 is 1.56 bits per heavy atom. The van der Waals surface area contributed by atoms with E-state index in [-0.39, 0.29) is 11.8 Å². The molecule has 0 saturated carbocycles. The molecular weight excluding hydrogens is 301 g/mol. The van der Waals surface area contributed by atoms with Gasteiger partial charge in [-0.1, -0.05) is 22.4 Å². The second-order valence-corrected chi connectivity index (χ2v) is 5.41. The lowest BCUT2D eigenvalue weighted by atomic mass is 9.97. The Kier molecular flexibility index (Phi) is 4.45. The van der Waals surface area contributed by atoms with Crippen LogP contribution in [0.4, 0.5) is 4.39 Å². The Morgan fingerprint density at radius 2 is 2.33 bits per heavy atom. The van der Waals surface area contributed by atoms with Crippen LogP contribution in [0, 0.1) is 5.82 Å². The summed E-state index contributed by atoms with van der Waals surface area (Å²) in [4.78, 5) is 0. The molecule has 0 spiro atoms. The van der Waals surface area contributed by atoms with Crippen LogP contribution in [-0.4, -0.2) is 24.8 Å². The van der Waals surface area contributed by atoms with Gasteiger partial charge in [-0.15, -0.1) is 0 Å². The smallest absolute Gasteiger partial charge is 0.194 e. The summed E-state index contributed by atoms with van der Waals surface area (Å²) in [6.07, 6.45) is 3.95. The van der Waals surface area contributed by atoms with Crippen LogP contribution in [0.1, 0.15) is 24.8 Å². The summed E-state index contributed by atoms with van der Waals surface area (Å²) in [6, 6.07) is 1.88. The number of phenolic OH excluding ortho intramolecular Hbond substituents is 1. The number of piperidine rings is 1. The number of nitrogens with one attached hydrogen (secondary N) is 1. The number of phenols is 1. The number of methoxy groups -OCH3 is 1. The first-order chi connectivity index (χ1) is 8.63. The van der Waals surface area contributed by atoms with E-state index in [1.54, 1.807) is 6.07 Å². The number of halogens is 2. The predicted molar refractivity (Wildman–Crippen MR) is 71.7 cm³/mol. The monoisotopic (exact) mass is 317 g/mol. The lowest BCUT2D eigenvalue weighted by Gasteiger charge is -2.24. The van der Waals surface area contributed by atoms with Gasteiger partial charge in [0, 0.05) is 16.1 Å². The van der Waals surface area contributed by atoms with Crippen LogP contribution in [0.25, 0.3) is 0 Å². The molecule has 0 amide bonds. The summed E-state index contributed by atoms with van der Waals surface area (Å²) in [5.41, 5.74) is 0.507. The average Bonchev–Trinajstić information content (AvgIpc) is 2.40. The van der Waals surface area contributed by atoms with Crippen molar-refractivity contribution in [2.24, 2.45) is 0 Å². The van der Waals surface area contributed by atoms with Crippen molar-refractivity contribution < 1.29 is 14.2 Å². The molecule has 1 aliphatic rings. The van der Waals surface area contributed by atoms with Gasteiger partial charge in [-0.2, -0.15) is 0 Å². The van der Waals surface area contributed by atoms with Crippen molar-refractivity contribution in [2.45, 2.75) is 31.7 Å². The van der Waals surface area contributed by atoms with E-state index in [0.717, 1.165) is 13.0 Å². The Labute approximate surface area is 114 Å². The molecule has 1 saturated heterocycles. The molecular formula is C13H17BrFNO2. The van der Waals surface area contributed by atoms with Crippen LogP contribution in [0.2, 0.25) is 0 Å². The van der Waals surface area contributed by atoms with Gasteiger partial charge in [-0.05, 0) is 31.9 Å². The van der Waals surface area contributed by atoms with Gasteiger partial charge in [0.2, 0.25) is 0 Å². The van der Waals surface area contributed by atoms with Crippen molar-refractivity contribution >= 4 is 15.9 Å². The van der Waals surface area contributed by atoms with Gasteiger partial charge in [-0.3, -0.25) is 0 Å². The highest BCUT2D eigenvalue weighted by Crippen LogP contribution is 2.37. The summed E-state index contributed by atoms with van der Waals surface area (Å²) in [5.74, 6) is -0.847.